The van der Waals surface area contributed by atoms with E-state index in [1.807, 2.05) is 19.9 Å². The highest BCUT2D eigenvalue weighted by molar-refractivity contribution is 5.29. The van der Waals surface area contributed by atoms with Crippen molar-refractivity contribution in [3.05, 3.63) is 47.7 Å². The topological polar surface area (TPSA) is 55.5 Å². The zero-order valence-corrected chi connectivity index (χ0v) is 9.88. The van der Waals surface area contributed by atoms with E-state index >= 15 is 0 Å². The third-order valence-corrected chi connectivity index (χ3v) is 2.39. The number of pyridine rings is 1. The molecule has 0 fully saturated rings. The summed E-state index contributed by atoms with van der Waals surface area (Å²) in [5, 5.41) is 10.1. The van der Waals surface area contributed by atoms with Gasteiger partial charge in [-0.2, -0.15) is 0 Å². The van der Waals surface area contributed by atoms with E-state index in [-0.39, 0.29) is 0 Å². The van der Waals surface area contributed by atoms with Gasteiger partial charge in [-0.3, -0.25) is 4.98 Å². The number of ether oxygens (including phenoxy) is 1. The molecule has 90 valence electrons. The minimum Gasteiger partial charge on any atom is -0.492 e. The van der Waals surface area contributed by atoms with E-state index in [9.17, 15) is 5.11 Å². The number of aryl methyl sites for hydroxylation is 1. The second-order valence-corrected chi connectivity index (χ2v) is 3.74. The molecule has 2 aromatic heterocycles. The Hall–Kier alpha value is -1.81. The van der Waals surface area contributed by atoms with Gasteiger partial charge in [0.25, 0.3) is 0 Å². The lowest BCUT2D eigenvalue weighted by molar-refractivity contribution is 0.186. The van der Waals surface area contributed by atoms with Crippen LogP contribution in [-0.2, 0) is 0 Å². The van der Waals surface area contributed by atoms with E-state index in [0.717, 1.165) is 5.76 Å². The largest absolute Gasteiger partial charge is 0.492 e. The van der Waals surface area contributed by atoms with Crippen LogP contribution < -0.4 is 4.74 Å². The van der Waals surface area contributed by atoms with Gasteiger partial charge < -0.3 is 14.3 Å². The second-order valence-electron chi connectivity index (χ2n) is 3.74. The van der Waals surface area contributed by atoms with Crippen molar-refractivity contribution in [2.75, 3.05) is 6.61 Å². The van der Waals surface area contributed by atoms with Crippen molar-refractivity contribution in [1.29, 1.82) is 0 Å². The highest BCUT2D eigenvalue weighted by Crippen LogP contribution is 2.25. The van der Waals surface area contributed by atoms with Gasteiger partial charge in [-0.05, 0) is 32.0 Å². The fourth-order valence-electron chi connectivity index (χ4n) is 1.60. The fourth-order valence-corrected chi connectivity index (χ4v) is 1.60. The van der Waals surface area contributed by atoms with Crippen LogP contribution in [0.25, 0.3) is 0 Å². The van der Waals surface area contributed by atoms with Crippen molar-refractivity contribution in [3.63, 3.8) is 0 Å². The van der Waals surface area contributed by atoms with Crippen LogP contribution in [0.2, 0.25) is 0 Å². The summed E-state index contributed by atoms with van der Waals surface area (Å²) in [6.07, 6.45) is 2.41. The maximum Gasteiger partial charge on any atom is 0.138 e. The van der Waals surface area contributed by atoms with Crippen LogP contribution in [0.5, 0.6) is 5.75 Å². The Bertz CT molecular complexity index is 493. The van der Waals surface area contributed by atoms with Crippen molar-refractivity contribution in [2.24, 2.45) is 0 Å². The van der Waals surface area contributed by atoms with E-state index in [2.05, 4.69) is 4.98 Å². The molecule has 0 saturated carbocycles. The van der Waals surface area contributed by atoms with Gasteiger partial charge >= 0.3 is 0 Å². The Kier molecular flexibility index (Phi) is 3.44. The standard InChI is InChI=1S/C13H15NO3/c1-3-16-11-6-10(7-14-8-11)13(15)12-5-4-9(2)17-12/h4-8,13,15H,3H2,1-2H3. The average molecular weight is 233 g/mol. The maximum absolute atomic E-state index is 10.1. The third kappa shape index (κ3) is 2.65. The van der Waals surface area contributed by atoms with Crippen LogP contribution in [0, 0.1) is 6.92 Å². The minimum atomic E-state index is -0.809. The molecule has 0 aliphatic carbocycles. The monoisotopic (exact) mass is 233 g/mol. The first-order valence-electron chi connectivity index (χ1n) is 5.53. The molecule has 0 amide bonds. The van der Waals surface area contributed by atoms with Crippen LogP contribution >= 0.6 is 0 Å². The Labute approximate surface area is 99.9 Å². The van der Waals surface area contributed by atoms with Crippen molar-refractivity contribution < 1.29 is 14.3 Å². The van der Waals surface area contributed by atoms with Gasteiger partial charge in [0.1, 0.15) is 23.4 Å². The average Bonchev–Trinajstić information content (AvgIpc) is 2.76. The highest BCUT2D eigenvalue weighted by atomic mass is 16.5. The number of aliphatic hydroxyl groups excluding tert-OH is 1. The first-order chi connectivity index (χ1) is 8.20. The normalized spacial score (nSPS) is 12.4. The summed E-state index contributed by atoms with van der Waals surface area (Å²) in [7, 11) is 0. The number of furan rings is 1. The van der Waals surface area contributed by atoms with E-state index in [0.29, 0.717) is 23.7 Å². The van der Waals surface area contributed by atoms with Gasteiger partial charge in [0.05, 0.1) is 12.8 Å². The zero-order valence-electron chi connectivity index (χ0n) is 9.88. The molecule has 0 radical (unpaired) electrons. The van der Waals surface area contributed by atoms with E-state index in [4.69, 9.17) is 9.15 Å². The molecule has 0 aliphatic heterocycles. The summed E-state index contributed by atoms with van der Waals surface area (Å²) in [5.41, 5.74) is 0.658. The van der Waals surface area contributed by atoms with Crippen LogP contribution in [0.1, 0.15) is 30.1 Å². The molecule has 17 heavy (non-hydrogen) atoms. The van der Waals surface area contributed by atoms with Gasteiger partial charge in [-0.1, -0.05) is 0 Å². The molecule has 1 N–H and O–H groups in total. The molecule has 1 atom stereocenters. The Balaban J connectivity index is 2.24. The van der Waals surface area contributed by atoms with Crippen LogP contribution in [0.4, 0.5) is 0 Å². The fraction of sp³-hybridized carbons (Fsp3) is 0.308. The number of hydrogen-bond donors (Lipinski definition) is 1. The molecule has 0 saturated heterocycles. The molecular formula is C13H15NO3. The van der Waals surface area contributed by atoms with E-state index in [1.165, 1.54) is 0 Å². The Morgan fingerprint density at radius 2 is 2.24 bits per heavy atom. The van der Waals surface area contributed by atoms with Crippen LogP contribution in [0.3, 0.4) is 0 Å². The number of rotatable bonds is 4. The quantitative estimate of drug-likeness (QED) is 0.881. The van der Waals surface area contributed by atoms with Crippen molar-refractivity contribution >= 4 is 0 Å². The summed E-state index contributed by atoms with van der Waals surface area (Å²) in [6.45, 7) is 4.31. The first-order valence-corrected chi connectivity index (χ1v) is 5.53. The molecule has 0 spiro atoms. The summed E-state index contributed by atoms with van der Waals surface area (Å²) >= 11 is 0. The minimum absolute atomic E-state index is 0.512. The van der Waals surface area contributed by atoms with Gasteiger partial charge in [0.2, 0.25) is 0 Å². The van der Waals surface area contributed by atoms with Crippen LogP contribution in [0.15, 0.2) is 35.0 Å². The summed E-state index contributed by atoms with van der Waals surface area (Å²) in [5.74, 6) is 1.93. The molecule has 0 aromatic carbocycles. The van der Waals surface area contributed by atoms with Gasteiger partial charge in [-0.15, -0.1) is 0 Å². The predicted molar refractivity (Wildman–Crippen MR) is 62.9 cm³/mol. The molecular weight excluding hydrogens is 218 g/mol. The van der Waals surface area contributed by atoms with Gasteiger partial charge in [-0.25, -0.2) is 0 Å². The maximum atomic E-state index is 10.1. The first kappa shape index (κ1) is 11.7. The Morgan fingerprint density at radius 1 is 1.41 bits per heavy atom. The van der Waals surface area contributed by atoms with Crippen LogP contribution in [-0.4, -0.2) is 16.7 Å². The lowest BCUT2D eigenvalue weighted by Crippen LogP contribution is -2.00. The molecule has 4 heteroatoms. The van der Waals surface area contributed by atoms with E-state index in [1.54, 1.807) is 24.5 Å². The third-order valence-electron chi connectivity index (χ3n) is 2.39. The number of aliphatic hydroxyl groups is 1. The summed E-state index contributed by atoms with van der Waals surface area (Å²) < 4.78 is 10.7. The molecule has 0 aliphatic rings. The summed E-state index contributed by atoms with van der Waals surface area (Å²) in [4.78, 5) is 4.03. The number of nitrogens with zero attached hydrogens (tertiary/aromatic N) is 1. The SMILES string of the molecule is CCOc1cncc(C(O)c2ccc(C)o2)c1. The number of aromatic nitrogens is 1. The zero-order chi connectivity index (χ0) is 12.3. The van der Waals surface area contributed by atoms with Crippen molar-refractivity contribution in [3.8, 4) is 5.75 Å². The summed E-state index contributed by atoms with van der Waals surface area (Å²) in [6, 6.07) is 5.34. The number of hydrogen-bond acceptors (Lipinski definition) is 4. The molecule has 2 rings (SSSR count). The molecule has 1 unspecified atom stereocenters. The molecule has 2 aromatic rings. The highest BCUT2D eigenvalue weighted by Gasteiger charge is 2.15. The van der Waals surface area contributed by atoms with Crippen molar-refractivity contribution in [2.45, 2.75) is 20.0 Å². The smallest absolute Gasteiger partial charge is 0.138 e. The Morgan fingerprint density at radius 3 is 2.88 bits per heavy atom. The molecule has 4 nitrogen and oxygen atoms in total. The van der Waals surface area contributed by atoms with E-state index < -0.39 is 6.10 Å². The van der Waals surface area contributed by atoms with Gasteiger partial charge in [0.15, 0.2) is 0 Å². The lowest BCUT2D eigenvalue weighted by Gasteiger charge is -2.09. The van der Waals surface area contributed by atoms with Crippen molar-refractivity contribution in [1.82, 2.24) is 4.98 Å². The second kappa shape index (κ2) is 5.01. The molecule has 2 heterocycles. The predicted octanol–water partition coefficient (Wildman–Crippen LogP) is 2.46. The lowest BCUT2D eigenvalue weighted by atomic mass is 10.1. The van der Waals surface area contributed by atoms with Gasteiger partial charge in [0, 0.05) is 11.8 Å². The molecule has 0 bridgehead atoms.